The summed E-state index contributed by atoms with van der Waals surface area (Å²) in [6.07, 6.45) is 0. The van der Waals surface area contributed by atoms with Crippen LogP contribution in [0, 0.1) is 6.92 Å². The molecule has 2 aromatic rings. The van der Waals surface area contributed by atoms with Gasteiger partial charge in [-0.25, -0.2) is 4.79 Å². The maximum Gasteiger partial charge on any atom is 0.335 e. The molecule has 0 saturated carbocycles. The Labute approximate surface area is 133 Å². The van der Waals surface area contributed by atoms with E-state index in [0.717, 1.165) is 4.90 Å². The van der Waals surface area contributed by atoms with Gasteiger partial charge in [-0.2, -0.15) is 0 Å². The molecule has 0 saturated heterocycles. The summed E-state index contributed by atoms with van der Waals surface area (Å²) in [6, 6.07) is 14.2. The highest BCUT2D eigenvalue weighted by atomic mass is 32.2. The molecule has 0 aromatic heterocycles. The first-order valence-corrected chi connectivity index (χ1v) is 7.71. The fourth-order valence-electron chi connectivity index (χ4n) is 1.85. The molecule has 0 aliphatic heterocycles. The van der Waals surface area contributed by atoms with E-state index < -0.39 is 5.97 Å². The smallest absolute Gasteiger partial charge is 0.335 e. The van der Waals surface area contributed by atoms with Gasteiger partial charge in [-0.3, -0.25) is 4.79 Å². The molecule has 1 unspecified atom stereocenters. The molecule has 1 amide bonds. The number of carbonyl (C=O) groups is 2. The molecule has 0 radical (unpaired) electrons. The summed E-state index contributed by atoms with van der Waals surface area (Å²) in [5.74, 6) is -1.17. The van der Waals surface area contributed by atoms with Gasteiger partial charge in [-0.1, -0.05) is 23.8 Å². The van der Waals surface area contributed by atoms with Crippen LogP contribution in [0.5, 0.6) is 0 Å². The first-order chi connectivity index (χ1) is 10.5. The summed E-state index contributed by atoms with van der Waals surface area (Å²) in [7, 11) is 0. The van der Waals surface area contributed by atoms with Crippen LogP contribution in [0.25, 0.3) is 0 Å². The van der Waals surface area contributed by atoms with Gasteiger partial charge in [-0.05, 0) is 44.2 Å². The lowest BCUT2D eigenvalue weighted by atomic mass is 10.2. The summed E-state index contributed by atoms with van der Waals surface area (Å²) in [6.45, 7) is 3.83. The van der Waals surface area contributed by atoms with Crippen LogP contribution in [-0.2, 0) is 4.79 Å². The van der Waals surface area contributed by atoms with Gasteiger partial charge < -0.3 is 10.4 Å². The van der Waals surface area contributed by atoms with Crippen molar-refractivity contribution >= 4 is 29.3 Å². The summed E-state index contributed by atoms with van der Waals surface area (Å²) in [4.78, 5) is 24.1. The van der Waals surface area contributed by atoms with Gasteiger partial charge in [0.15, 0.2) is 0 Å². The second-order valence-electron chi connectivity index (χ2n) is 4.95. The molecule has 0 fully saturated rings. The third-order valence-corrected chi connectivity index (χ3v) is 4.19. The molecule has 0 aliphatic carbocycles. The van der Waals surface area contributed by atoms with Crippen LogP contribution in [0.3, 0.4) is 0 Å². The van der Waals surface area contributed by atoms with Gasteiger partial charge in [0.05, 0.1) is 10.8 Å². The Bertz CT molecular complexity index is 683. The number of hydrogen-bond acceptors (Lipinski definition) is 3. The van der Waals surface area contributed by atoms with E-state index in [4.69, 9.17) is 5.11 Å². The predicted octanol–water partition coefficient (Wildman–Crippen LogP) is 3.81. The number of benzene rings is 2. The van der Waals surface area contributed by atoms with Gasteiger partial charge in [0.2, 0.25) is 5.91 Å². The Morgan fingerprint density at radius 3 is 2.45 bits per heavy atom. The Balaban J connectivity index is 2.00. The van der Waals surface area contributed by atoms with Gasteiger partial charge in [0, 0.05) is 10.6 Å². The van der Waals surface area contributed by atoms with Gasteiger partial charge in [0.1, 0.15) is 0 Å². The van der Waals surface area contributed by atoms with E-state index in [1.54, 1.807) is 12.1 Å². The van der Waals surface area contributed by atoms with Crippen molar-refractivity contribution in [2.24, 2.45) is 0 Å². The molecule has 2 aromatic carbocycles. The molecule has 4 nitrogen and oxygen atoms in total. The molecule has 0 aliphatic rings. The van der Waals surface area contributed by atoms with Crippen molar-refractivity contribution in [1.29, 1.82) is 0 Å². The maximum absolute atomic E-state index is 12.2. The van der Waals surface area contributed by atoms with Crippen LogP contribution < -0.4 is 5.32 Å². The first kappa shape index (κ1) is 16.1. The minimum atomic E-state index is -1.02. The van der Waals surface area contributed by atoms with Crippen LogP contribution in [-0.4, -0.2) is 22.2 Å². The quantitative estimate of drug-likeness (QED) is 0.823. The lowest BCUT2D eigenvalue weighted by molar-refractivity contribution is -0.115. The summed E-state index contributed by atoms with van der Waals surface area (Å²) < 4.78 is 0. The number of thioether (sulfide) groups is 1. The zero-order valence-corrected chi connectivity index (χ0v) is 13.2. The molecule has 1 atom stereocenters. The molecular formula is C17H17NO3S. The van der Waals surface area contributed by atoms with E-state index in [9.17, 15) is 9.59 Å². The van der Waals surface area contributed by atoms with Crippen molar-refractivity contribution in [2.75, 3.05) is 5.32 Å². The fraction of sp³-hybridized carbons (Fsp3) is 0.176. The number of hydrogen-bond donors (Lipinski definition) is 2. The zero-order chi connectivity index (χ0) is 16.1. The third kappa shape index (κ3) is 4.36. The van der Waals surface area contributed by atoms with Gasteiger partial charge in [-0.15, -0.1) is 11.8 Å². The average molecular weight is 315 g/mol. The number of anilines is 1. The summed E-state index contributed by atoms with van der Waals surface area (Å²) in [5.41, 5.74) is 1.81. The topological polar surface area (TPSA) is 66.4 Å². The van der Waals surface area contributed by atoms with Crippen molar-refractivity contribution in [1.82, 2.24) is 0 Å². The third-order valence-electron chi connectivity index (χ3n) is 3.08. The minimum Gasteiger partial charge on any atom is -0.478 e. The van der Waals surface area contributed by atoms with Gasteiger partial charge in [0.25, 0.3) is 0 Å². The molecule has 0 bridgehead atoms. The van der Waals surface area contributed by atoms with E-state index in [1.165, 1.54) is 29.5 Å². The molecule has 2 rings (SSSR count). The first-order valence-electron chi connectivity index (χ1n) is 6.83. The van der Waals surface area contributed by atoms with Crippen LogP contribution in [0.4, 0.5) is 5.69 Å². The number of carboxylic acid groups (broad SMARTS) is 1. The van der Waals surface area contributed by atoms with Crippen LogP contribution in [0.15, 0.2) is 53.4 Å². The van der Waals surface area contributed by atoms with Crippen LogP contribution >= 0.6 is 11.8 Å². The number of carbonyl (C=O) groups excluding carboxylic acids is 1. The van der Waals surface area contributed by atoms with Crippen LogP contribution in [0.2, 0.25) is 0 Å². The summed E-state index contributed by atoms with van der Waals surface area (Å²) in [5, 5.41) is 11.4. The van der Waals surface area contributed by atoms with E-state index in [-0.39, 0.29) is 16.7 Å². The minimum absolute atomic E-state index is 0.150. The van der Waals surface area contributed by atoms with Gasteiger partial charge >= 0.3 is 5.97 Å². The number of rotatable bonds is 5. The molecule has 0 heterocycles. The zero-order valence-electron chi connectivity index (χ0n) is 12.4. The normalized spacial score (nSPS) is 11.7. The molecular weight excluding hydrogens is 298 g/mol. The van der Waals surface area contributed by atoms with Crippen molar-refractivity contribution in [3.05, 3.63) is 59.7 Å². The van der Waals surface area contributed by atoms with E-state index in [2.05, 4.69) is 5.32 Å². The largest absolute Gasteiger partial charge is 0.478 e. The molecule has 114 valence electrons. The number of amides is 1. The Morgan fingerprint density at radius 1 is 1.14 bits per heavy atom. The Morgan fingerprint density at radius 2 is 1.82 bits per heavy atom. The maximum atomic E-state index is 12.2. The van der Waals surface area contributed by atoms with Crippen molar-refractivity contribution < 1.29 is 14.7 Å². The van der Waals surface area contributed by atoms with Crippen molar-refractivity contribution in [2.45, 2.75) is 24.0 Å². The van der Waals surface area contributed by atoms with E-state index in [1.807, 2.05) is 38.1 Å². The standard InChI is InChI=1S/C17H17NO3S/c1-11-6-8-15(9-7-11)22-12(2)16(19)18-14-5-3-4-13(10-14)17(20)21/h3-10,12H,1-2H3,(H,18,19)(H,20,21). The highest BCUT2D eigenvalue weighted by Gasteiger charge is 2.15. The highest BCUT2D eigenvalue weighted by Crippen LogP contribution is 2.24. The number of carboxylic acids is 1. The molecule has 2 N–H and O–H groups in total. The lowest BCUT2D eigenvalue weighted by Gasteiger charge is -2.12. The van der Waals surface area contributed by atoms with E-state index in [0.29, 0.717) is 5.69 Å². The second kappa shape index (κ2) is 7.13. The monoisotopic (exact) mass is 315 g/mol. The molecule has 0 spiro atoms. The molecule has 5 heteroatoms. The fourth-order valence-corrected chi connectivity index (χ4v) is 2.72. The number of nitrogens with one attached hydrogen (secondary N) is 1. The molecule has 22 heavy (non-hydrogen) atoms. The number of aromatic carboxylic acids is 1. The van der Waals surface area contributed by atoms with Crippen molar-refractivity contribution in [3.8, 4) is 0 Å². The summed E-state index contributed by atoms with van der Waals surface area (Å²) >= 11 is 1.46. The van der Waals surface area contributed by atoms with Crippen molar-refractivity contribution in [3.63, 3.8) is 0 Å². The second-order valence-corrected chi connectivity index (χ2v) is 6.36. The average Bonchev–Trinajstić information content (AvgIpc) is 2.49. The van der Waals surface area contributed by atoms with E-state index >= 15 is 0 Å². The predicted molar refractivity (Wildman–Crippen MR) is 88.5 cm³/mol. The lowest BCUT2D eigenvalue weighted by Crippen LogP contribution is -2.22. The Kier molecular flexibility index (Phi) is 5.22. The number of aryl methyl sites for hydroxylation is 1. The van der Waals surface area contributed by atoms with Crippen LogP contribution in [0.1, 0.15) is 22.8 Å². The highest BCUT2D eigenvalue weighted by molar-refractivity contribution is 8.00. The Hall–Kier alpha value is -2.27. The SMILES string of the molecule is Cc1ccc(SC(C)C(=O)Nc2cccc(C(=O)O)c2)cc1.